The third-order valence-electron chi connectivity index (χ3n) is 5.51. The van der Waals surface area contributed by atoms with Gasteiger partial charge in [0.25, 0.3) is 0 Å². The van der Waals surface area contributed by atoms with E-state index in [-0.39, 0.29) is 18.5 Å². The Morgan fingerprint density at radius 3 is 2.57 bits per heavy atom. The van der Waals surface area contributed by atoms with Gasteiger partial charge in [-0.3, -0.25) is 0 Å². The highest BCUT2D eigenvalue weighted by Gasteiger charge is 2.22. The fourth-order valence-electron chi connectivity index (χ4n) is 3.75. The Hall–Kier alpha value is -3.91. The topological polar surface area (TPSA) is 77.1 Å². The van der Waals surface area contributed by atoms with Crippen LogP contribution in [0.4, 0.5) is 14.9 Å². The molecule has 0 fully saturated rings. The largest absolute Gasteiger partial charge is 0.491 e. The van der Waals surface area contributed by atoms with Gasteiger partial charge >= 0.3 is 12.0 Å². The minimum atomic E-state index is -0.488. The number of anilines is 1. The molecule has 4 rings (SSSR count). The van der Waals surface area contributed by atoms with E-state index in [9.17, 15) is 14.0 Å². The van der Waals surface area contributed by atoms with E-state index in [4.69, 9.17) is 14.2 Å². The third-order valence-corrected chi connectivity index (χ3v) is 5.51. The van der Waals surface area contributed by atoms with E-state index >= 15 is 0 Å². The van der Waals surface area contributed by atoms with Gasteiger partial charge in [0.2, 0.25) is 0 Å². The first-order valence-electron chi connectivity index (χ1n) is 11.4. The molecule has 3 aromatic rings. The molecule has 0 atom stereocenters. The zero-order valence-corrected chi connectivity index (χ0v) is 19.5. The molecular formula is C27H27FN2O5. The molecule has 1 aliphatic heterocycles. The fourth-order valence-corrected chi connectivity index (χ4v) is 3.75. The lowest BCUT2D eigenvalue weighted by molar-refractivity contribution is 0.0527. The average molecular weight is 479 g/mol. The molecule has 0 saturated heterocycles. The van der Waals surface area contributed by atoms with Crippen molar-refractivity contribution in [1.29, 1.82) is 0 Å². The third kappa shape index (κ3) is 6.36. The summed E-state index contributed by atoms with van der Waals surface area (Å²) in [6, 6.07) is 18.4. The minimum absolute atomic E-state index is 0.247. The first kappa shape index (κ1) is 24.2. The van der Waals surface area contributed by atoms with E-state index in [1.807, 2.05) is 18.2 Å². The highest BCUT2D eigenvalue weighted by Crippen LogP contribution is 2.26. The van der Waals surface area contributed by atoms with Gasteiger partial charge < -0.3 is 24.4 Å². The van der Waals surface area contributed by atoms with Crippen LogP contribution in [0.5, 0.6) is 5.75 Å². The van der Waals surface area contributed by atoms with Gasteiger partial charge in [0.15, 0.2) is 0 Å². The Bertz CT molecular complexity index is 1180. The van der Waals surface area contributed by atoms with Crippen molar-refractivity contribution < 1.29 is 28.2 Å². The molecule has 7 nitrogen and oxygen atoms in total. The van der Waals surface area contributed by atoms with Crippen LogP contribution < -0.4 is 10.1 Å². The molecule has 0 aromatic heterocycles. The van der Waals surface area contributed by atoms with Crippen molar-refractivity contribution in [3.63, 3.8) is 0 Å². The molecule has 0 unspecified atom stereocenters. The van der Waals surface area contributed by atoms with Gasteiger partial charge in [0, 0.05) is 5.56 Å². The van der Waals surface area contributed by atoms with Crippen LogP contribution in [-0.4, -0.2) is 36.7 Å². The van der Waals surface area contributed by atoms with Crippen molar-refractivity contribution in [1.82, 2.24) is 4.90 Å². The smallest absolute Gasteiger partial charge is 0.340 e. The zero-order valence-electron chi connectivity index (χ0n) is 19.5. The number of nitrogens with one attached hydrogen (secondary N) is 1. The number of hydrogen-bond donors (Lipinski definition) is 1. The molecule has 1 aliphatic rings. The number of ether oxygens (including phenoxy) is 3. The van der Waals surface area contributed by atoms with Crippen LogP contribution in [0.15, 0.2) is 66.7 Å². The van der Waals surface area contributed by atoms with Crippen LogP contribution in [0, 0.1) is 5.82 Å². The number of esters is 1. The number of amides is 2. The van der Waals surface area contributed by atoms with Crippen molar-refractivity contribution in [2.45, 2.75) is 26.7 Å². The van der Waals surface area contributed by atoms with Crippen LogP contribution in [0.3, 0.4) is 0 Å². The quantitative estimate of drug-likeness (QED) is 0.476. The number of fused-ring (bicyclic) bond motifs is 1. The van der Waals surface area contributed by atoms with Gasteiger partial charge in [-0.25, -0.2) is 14.0 Å². The number of rotatable bonds is 7. The number of para-hydroxylation sites is 1. The van der Waals surface area contributed by atoms with Crippen molar-refractivity contribution in [3.8, 4) is 5.75 Å². The normalized spacial score (nSPS) is 12.8. The Morgan fingerprint density at radius 1 is 1.03 bits per heavy atom. The average Bonchev–Trinajstić information content (AvgIpc) is 3.08. The molecular weight excluding hydrogens is 451 g/mol. The molecule has 35 heavy (non-hydrogen) atoms. The highest BCUT2D eigenvalue weighted by atomic mass is 19.1. The van der Waals surface area contributed by atoms with E-state index in [1.54, 1.807) is 48.2 Å². The lowest BCUT2D eigenvalue weighted by Crippen LogP contribution is -2.36. The van der Waals surface area contributed by atoms with Crippen LogP contribution >= 0.6 is 0 Å². The van der Waals surface area contributed by atoms with Gasteiger partial charge in [-0.2, -0.15) is 0 Å². The maximum absolute atomic E-state index is 13.1. The number of hydrogen-bond acceptors (Lipinski definition) is 5. The zero-order chi connectivity index (χ0) is 24.6. The standard InChI is InChI=1S/C27H27FN2O5/c1-2-34-26(31)23-5-3-4-6-24(23)29-27(32)30-13-14-35-25-12-9-20(15-21(25)16-30)18-33-17-19-7-10-22(28)11-8-19/h3-12,15H,2,13-14,16-18H2,1H3,(H,29,32). The lowest BCUT2D eigenvalue weighted by atomic mass is 10.1. The van der Waals surface area contributed by atoms with Crippen LogP contribution in [0.25, 0.3) is 0 Å². The van der Waals surface area contributed by atoms with Gasteiger partial charge in [-0.1, -0.05) is 30.3 Å². The van der Waals surface area contributed by atoms with Crippen molar-refractivity contribution in [2.24, 2.45) is 0 Å². The van der Waals surface area contributed by atoms with Crippen LogP contribution in [-0.2, 0) is 29.2 Å². The maximum Gasteiger partial charge on any atom is 0.340 e. The SMILES string of the molecule is CCOC(=O)c1ccccc1NC(=O)N1CCOc2ccc(COCc3ccc(F)cc3)cc2C1. The van der Waals surface area contributed by atoms with E-state index in [0.29, 0.717) is 44.2 Å². The number of carbonyl (C=O) groups is 2. The molecule has 0 radical (unpaired) electrons. The maximum atomic E-state index is 13.1. The number of halogens is 1. The molecule has 8 heteroatoms. The van der Waals surface area contributed by atoms with Crippen LogP contribution in [0.1, 0.15) is 34.0 Å². The minimum Gasteiger partial charge on any atom is -0.491 e. The second-order valence-corrected chi connectivity index (χ2v) is 8.03. The molecule has 0 spiro atoms. The second-order valence-electron chi connectivity index (χ2n) is 8.03. The predicted molar refractivity (Wildman–Crippen MR) is 129 cm³/mol. The summed E-state index contributed by atoms with van der Waals surface area (Å²) >= 11 is 0. The Kier molecular flexibility index (Phi) is 7.95. The number of carbonyl (C=O) groups excluding carboxylic acids is 2. The van der Waals surface area contributed by atoms with E-state index in [2.05, 4.69) is 5.32 Å². The summed E-state index contributed by atoms with van der Waals surface area (Å²) in [5, 5.41) is 2.83. The predicted octanol–water partition coefficient (Wildman–Crippen LogP) is 5.15. The first-order chi connectivity index (χ1) is 17.0. The summed E-state index contributed by atoms with van der Waals surface area (Å²) < 4.78 is 29.8. The van der Waals surface area contributed by atoms with Crippen molar-refractivity contribution in [2.75, 3.05) is 25.1 Å². The summed E-state index contributed by atoms with van der Waals surface area (Å²) in [6.07, 6.45) is 0. The molecule has 1 N–H and O–H groups in total. The molecule has 2 amide bonds. The molecule has 1 heterocycles. The number of nitrogens with zero attached hydrogens (tertiary/aromatic N) is 1. The lowest BCUT2D eigenvalue weighted by Gasteiger charge is -2.21. The van der Waals surface area contributed by atoms with E-state index in [1.165, 1.54) is 12.1 Å². The van der Waals surface area contributed by atoms with Gasteiger partial charge in [-0.05, 0) is 54.4 Å². The summed E-state index contributed by atoms with van der Waals surface area (Å²) in [5.41, 5.74) is 3.37. The Balaban J connectivity index is 1.41. The van der Waals surface area contributed by atoms with E-state index < -0.39 is 5.97 Å². The number of urea groups is 1. The molecule has 0 aliphatic carbocycles. The summed E-state index contributed by atoms with van der Waals surface area (Å²) in [4.78, 5) is 26.9. The molecule has 3 aromatic carbocycles. The van der Waals surface area contributed by atoms with Crippen molar-refractivity contribution >= 4 is 17.7 Å². The summed E-state index contributed by atoms with van der Waals surface area (Å²) in [7, 11) is 0. The van der Waals surface area contributed by atoms with Gasteiger partial charge in [0.05, 0.1) is 44.2 Å². The Labute approximate surface area is 203 Å². The van der Waals surface area contributed by atoms with Gasteiger partial charge in [0.1, 0.15) is 18.2 Å². The molecule has 0 bridgehead atoms. The summed E-state index contributed by atoms with van der Waals surface area (Å²) in [6.45, 7) is 3.78. The van der Waals surface area contributed by atoms with E-state index in [0.717, 1.165) is 22.4 Å². The second kappa shape index (κ2) is 11.5. The molecule has 0 saturated carbocycles. The Morgan fingerprint density at radius 2 is 1.77 bits per heavy atom. The molecule has 182 valence electrons. The number of benzene rings is 3. The van der Waals surface area contributed by atoms with Crippen LogP contribution in [0.2, 0.25) is 0 Å². The first-order valence-corrected chi connectivity index (χ1v) is 11.4. The summed E-state index contributed by atoms with van der Waals surface area (Å²) in [5.74, 6) is -0.0507. The fraction of sp³-hybridized carbons (Fsp3) is 0.259. The highest BCUT2D eigenvalue weighted by molar-refractivity contribution is 6.00. The van der Waals surface area contributed by atoms with Crippen molar-refractivity contribution in [3.05, 3.63) is 94.8 Å². The van der Waals surface area contributed by atoms with Gasteiger partial charge in [-0.15, -0.1) is 0 Å². The monoisotopic (exact) mass is 478 g/mol.